The van der Waals surface area contributed by atoms with E-state index in [9.17, 15) is 19.8 Å². The third kappa shape index (κ3) is 1.68. The highest BCUT2D eigenvalue weighted by atomic mass is 16.3. The summed E-state index contributed by atoms with van der Waals surface area (Å²) in [6, 6.07) is 4.07. The minimum Gasteiger partial charge on any atom is -0.508 e. The molecule has 1 aromatic carbocycles. The maximum atomic E-state index is 12.7. The zero-order valence-electron chi connectivity index (χ0n) is 12.7. The van der Waals surface area contributed by atoms with Crippen molar-refractivity contribution < 1.29 is 19.8 Å². The lowest BCUT2D eigenvalue weighted by atomic mass is 9.63. The van der Waals surface area contributed by atoms with Gasteiger partial charge in [-0.05, 0) is 42.2 Å². The van der Waals surface area contributed by atoms with Crippen LogP contribution in [0.3, 0.4) is 0 Å². The molecule has 6 nitrogen and oxygen atoms in total. The number of rotatable bonds is 2. The fourth-order valence-corrected chi connectivity index (χ4v) is 4.82. The second-order valence-corrected chi connectivity index (χ2v) is 7.13. The zero-order chi connectivity index (χ0) is 16.6. The summed E-state index contributed by atoms with van der Waals surface area (Å²) in [7, 11) is 0. The number of nitrogens with zero attached hydrogens (tertiary/aromatic N) is 2. The van der Waals surface area contributed by atoms with Crippen LogP contribution in [-0.2, 0) is 9.59 Å². The summed E-state index contributed by atoms with van der Waals surface area (Å²) in [4.78, 5) is 25.4. The second-order valence-electron chi connectivity index (χ2n) is 7.13. The van der Waals surface area contributed by atoms with E-state index in [2.05, 4.69) is 17.3 Å². The fraction of sp³-hybridized carbons (Fsp3) is 0.389. The number of hydrazone groups is 1. The molecule has 4 aliphatic carbocycles. The van der Waals surface area contributed by atoms with Crippen molar-refractivity contribution in [1.82, 2.24) is 5.01 Å². The summed E-state index contributed by atoms with van der Waals surface area (Å²) in [5.41, 5.74) is 0.340. The van der Waals surface area contributed by atoms with Crippen molar-refractivity contribution in [1.29, 1.82) is 0 Å². The highest BCUT2D eigenvalue weighted by Crippen LogP contribution is 2.65. The van der Waals surface area contributed by atoms with E-state index >= 15 is 0 Å². The lowest BCUT2D eigenvalue weighted by Crippen LogP contribution is -2.40. The summed E-state index contributed by atoms with van der Waals surface area (Å²) in [6.07, 6.45) is 6.65. The number of carbonyl (C=O) groups excluding carboxylic acids is 2. The molecule has 0 unspecified atom stereocenters. The van der Waals surface area contributed by atoms with Crippen LogP contribution in [0.15, 0.2) is 35.5 Å². The molecule has 1 aliphatic heterocycles. The largest absolute Gasteiger partial charge is 0.508 e. The van der Waals surface area contributed by atoms with Gasteiger partial charge in [-0.15, -0.1) is 0 Å². The number of carbonyl (C=O) groups is 2. The Labute approximate surface area is 138 Å². The summed E-state index contributed by atoms with van der Waals surface area (Å²) in [6.45, 7) is 0. The molecule has 6 atom stereocenters. The molecular formula is C18H16N2O4. The molecule has 1 saturated heterocycles. The molecule has 2 bridgehead atoms. The Kier molecular flexibility index (Phi) is 2.56. The average molecular weight is 324 g/mol. The van der Waals surface area contributed by atoms with Gasteiger partial charge in [-0.25, -0.2) is 0 Å². The predicted octanol–water partition coefficient (Wildman–Crippen LogP) is 1.48. The maximum Gasteiger partial charge on any atom is 0.254 e. The van der Waals surface area contributed by atoms with Gasteiger partial charge in [-0.3, -0.25) is 9.59 Å². The van der Waals surface area contributed by atoms with E-state index in [0.29, 0.717) is 17.4 Å². The summed E-state index contributed by atoms with van der Waals surface area (Å²) in [5, 5.41) is 24.1. The number of hydrogen-bond donors (Lipinski definition) is 2. The molecule has 2 N–H and O–H groups in total. The van der Waals surface area contributed by atoms with Crippen molar-refractivity contribution in [2.45, 2.75) is 6.42 Å². The Hall–Kier alpha value is -2.63. The molecule has 6 heteroatoms. The van der Waals surface area contributed by atoms with Crippen molar-refractivity contribution in [3.05, 3.63) is 35.9 Å². The number of amides is 2. The van der Waals surface area contributed by atoms with Crippen LogP contribution in [-0.4, -0.2) is 33.3 Å². The van der Waals surface area contributed by atoms with Crippen LogP contribution in [0, 0.1) is 35.5 Å². The van der Waals surface area contributed by atoms with E-state index in [-0.39, 0.29) is 47.0 Å². The van der Waals surface area contributed by atoms with Crippen LogP contribution in [0.1, 0.15) is 12.0 Å². The van der Waals surface area contributed by atoms with Crippen LogP contribution in [0.2, 0.25) is 0 Å². The van der Waals surface area contributed by atoms with Crippen molar-refractivity contribution in [3.8, 4) is 11.5 Å². The molecule has 2 saturated carbocycles. The van der Waals surface area contributed by atoms with Gasteiger partial charge in [-0.1, -0.05) is 12.2 Å². The number of benzene rings is 1. The summed E-state index contributed by atoms with van der Waals surface area (Å²) in [5.74, 6) is 0.222. The molecule has 0 spiro atoms. The van der Waals surface area contributed by atoms with E-state index in [4.69, 9.17) is 0 Å². The molecule has 2 amide bonds. The minimum absolute atomic E-state index is 0.0640. The summed E-state index contributed by atoms with van der Waals surface area (Å²) >= 11 is 0. The van der Waals surface area contributed by atoms with Gasteiger partial charge in [0.05, 0.1) is 18.1 Å². The zero-order valence-corrected chi connectivity index (χ0v) is 12.7. The highest BCUT2D eigenvalue weighted by Gasteiger charge is 2.67. The topological polar surface area (TPSA) is 90.2 Å². The Morgan fingerprint density at radius 2 is 1.67 bits per heavy atom. The van der Waals surface area contributed by atoms with Crippen LogP contribution < -0.4 is 0 Å². The highest BCUT2D eigenvalue weighted by molar-refractivity contribution is 6.06. The Morgan fingerprint density at radius 1 is 1.04 bits per heavy atom. The smallest absolute Gasteiger partial charge is 0.254 e. The third-order valence-electron chi connectivity index (χ3n) is 5.97. The van der Waals surface area contributed by atoms with Crippen LogP contribution >= 0.6 is 0 Å². The Morgan fingerprint density at radius 3 is 2.25 bits per heavy atom. The molecule has 5 aliphatic rings. The maximum absolute atomic E-state index is 12.7. The molecule has 1 heterocycles. The van der Waals surface area contributed by atoms with E-state index in [1.807, 2.05) is 0 Å². The van der Waals surface area contributed by atoms with Crippen molar-refractivity contribution in [3.63, 3.8) is 0 Å². The number of hydrogen-bond acceptors (Lipinski definition) is 5. The minimum atomic E-state index is -0.276. The van der Waals surface area contributed by atoms with Gasteiger partial charge in [0.15, 0.2) is 0 Å². The van der Waals surface area contributed by atoms with Crippen LogP contribution in [0.25, 0.3) is 0 Å². The Balaban J connectivity index is 1.45. The molecule has 24 heavy (non-hydrogen) atoms. The van der Waals surface area contributed by atoms with Gasteiger partial charge in [-0.2, -0.15) is 10.1 Å². The first-order valence-corrected chi connectivity index (χ1v) is 8.18. The molecule has 3 fully saturated rings. The first kappa shape index (κ1) is 13.8. The van der Waals surface area contributed by atoms with Gasteiger partial charge in [0.1, 0.15) is 11.5 Å². The van der Waals surface area contributed by atoms with E-state index in [1.165, 1.54) is 24.4 Å². The lowest BCUT2D eigenvalue weighted by Gasteiger charge is -2.37. The van der Waals surface area contributed by atoms with Crippen molar-refractivity contribution >= 4 is 18.0 Å². The number of aromatic hydroxyl groups is 2. The molecule has 0 aromatic heterocycles. The van der Waals surface area contributed by atoms with Gasteiger partial charge in [0.25, 0.3) is 11.8 Å². The molecule has 1 aromatic rings. The number of phenols is 2. The molecule has 6 rings (SSSR count). The summed E-state index contributed by atoms with van der Waals surface area (Å²) < 4.78 is 0. The van der Waals surface area contributed by atoms with Crippen LogP contribution in [0.4, 0.5) is 0 Å². The van der Waals surface area contributed by atoms with Gasteiger partial charge in [0, 0.05) is 11.6 Å². The Bertz CT molecular complexity index is 794. The van der Waals surface area contributed by atoms with Crippen LogP contribution in [0.5, 0.6) is 11.5 Å². The average Bonchev–Trinajstić information content (AvgIpc) is 3.33. The van der Waals surface area contributed by atoms with E-state index in [1.54, 1.807) is 0 Å². The van der Waals surface area contributed by atoms with E-state index < -0.39 is 0 Å². The monoisotopic (exact) mass is 324 g/mol. The SMILES string of the molecule is O=C1[C@@H]2[C@H]3C=C[C@H]([C@H]4C[C@@H]34)[C@@H]2C(=O)N1/N=C/c1ccc(O)cc1O. The third-order valence-corrected chi connectivity index (χ3v) is 5.97. The van der Waals surface area contributed by atoms with Gasteiger partial charge >= 0.3 is 0 Å². The molecular weight excluding hydrogens is 308 g/mol. The van der Waals surface area contributed by atoms with Gasteiger partial charge in [0.2, 0.25) is 0 Å². The van der Waals surface area contributed by atoms with Crippen molar-refractivity contribution in [2.24, 2.45) is 40.6 Å². The first-order chi connectivity index (χ1) is 11.6. The second kappa shape index (κ2) is 4.47. The first-order valence-electron chi connectivity index (χ1n) is 8.18. The quantitative estimate of drug-likeness (QED) is 0.490. The number of imide groups is 1. The number of allylic oxidation sites excluding steroid dienone is 2. The van der Waals surface area contributed by atoms with Gasteiger partial charge < -0.3 is 10.2 Å². The predicted molar refractivity (Wildman–Crippen MR) is 83.9 cm³/mol. The normalized spacial score (nSPS) is 38.8. The van der Waals surface area contributed by atoms with Crippen molar-refractivity contribution in [2.75, 3.05) is 0 Å². The standard InChI is InChI=1S/C18H16N2O4/c21-9-2-1-8(14(22)5-9)7-19-20-17(23)15-10-3-4-11(13-6-12(10)13)16(15)18(20)24/h1-5,7,10-13,15-16,21-22H,6H2/b19-7+/t10-,11+,12-,13+,15+,16-. The lowest BCUT2D eigenvalue weighted by molar-refractivity contribution is -0.140. The molecule has 0 radical (unpaired) electrons. The number of phenolic OH excluding ortho intramolecular Hbond substituents is 2. The fourth-order valence-electron chi connectivity index (χ4n) is 4.82. The van der Waals surface area contributed by atoms with E-state index in [0.717, 1.165) is 11.4 Å². The molecule has 122 valence electrons.